The summed E-state index contributed by atoms with van der Waals surface area (Å²) in [5, 5.41) is 10.4. The largest absolute Gasteiger partial charge is 0.353 e. The molecule has 0 aromatic carbocycles. The van der Waals surface area contributed by atoms with Crippen molar-refractivity contribution < 1.29 is 14.1 Å². The SMILES string of the molecule is CC(=O)NC1(c2noc(CCC(=O)NC3CCCC(C)C3)n2)CCCCCC1. The van der Waals surface area contributed by atoms with Gasteiger partial charge in [-0.05, 0) is 31.6 Å². The van der Waals surface area contributed by atoms with E-state index in [9.17, 15) is 9.59 Å². The van der Waals surface area contributed by atoms with Crippen LogP contribution in [-0.4, -0.2) is 28.0 Å². The second kappa shape index (κ2) is 9.52. The average molecular weight is 391 g/mol. The van der Waals surface area contributed by atoms with Crippen LogP contribution in [-0.2, 0) is 21.5 Å². The standard InChI is InChI=1S/C21H34N4O3/c1-15-8-7-9-17(14-15)22-18(27)10-11-19-23-20(25-28-19)21(24-16(2)26)12-5-3-4-6-13-21/h15,17H,3-14H2,1-2H3,(H,22,27)(H,24,26). The van der Waals surface area contributed by atoms with E-state index in [1.54, 1.807) is 0 Å². The number of hydrogen-bond donors (Lipinski definition) is 2. The van der Waals surface area contributed by atoms with Crippen LogP contribution in [0.1, 0.15) is 96.2 Å². The fraction of sp³-hybridized carbons (Fsp3) is 0.810. The van der Waals surface area contributed by atoms with Gasteiger partial charge in [0.1, 0.15) is 5.54 Å². The molecule has 0 aliphatic heterocycles. The van der Waals surface area contributed by atoms with Gasteiger partial charge in [-0.25, -0.2) is 0 Å². The molecule has 2 aliphatic rings. The molecule has 0 bridgehead atoms. The zero-order valence-electron chi connectivity index (χ0n) is 17.3. The number of aryl methyl sites for hydroxylation is 1. The third kappa shape index (κ3) is 5.55. The molecule has 1 aromatic heterocycles. The Balaban J connectivity index is 1.57. The van der Waals surface area contributed by atoms with Crippen LogP contribution in [0.2, 0.25) is 0 Å². The van der Waals surface area contributed by atoms with Crippen molar-refractivity contribution in [1.29, 1.82) is 0 Å². The molecular weight excluding hydrogens is 356 g/mol. The Morgan fingerprint density at radius 3 is 2.57 bits per heavy atom. The predicted molar refractivity (Wildman–Crippen MR) is 105 cm³/mol. The minimum Gasteiger partial charge on any atom is -0.353 e. The lowest BCUT2D eigenvalue weighted by molar-refractivity contribution is -0.122. The molecule has 2 unspecified atom stereocenters. The fourth-order valence-corrected chi connectivity index (χ4v) is 4.71. The molecule has 28 heavy (non-hydrogen) atoms. The van der Waals surface area contributed by atoms with Crippen molar-refractivity contribution >= 4 is 11.8 Å². The Bertz CT molecular complexity index is 664. The van der Waals surface area contributed by atoms with Crippen LogP contribution in [0.25, 0.3) is 0 Å². The van der Waals surface area contributed by atoms with Crippen molar-refractivity contribution in [3.8, 4) is 0 Å². The number of carbonyl (C=O) groups is 2. The van der Waals surface area contributed by atoms with E-state index in [0.29, 0.717) is 36.5 Å². The smallest absolute Gasteiger partial charge is 0.227 e. The summed E-state index contributed by atoms with van der Waals surface area (Å²) < 4.78 is 5.43. The molecule has 2 saturated carbocycles. The summed E-state index contributed by atoms with van der Waals surface area (Å²) >= 11 is 0. The molecule has 0 radical (unpaired) electrons. The first kappa shape index (κ1) is 20.8. The van der Waals surface area contributed by atoms with E-state index in [1.165, 1.54) is 19.8 Å². The van der Waals surface area contributed by atoms with Crippen LogP contribution < -0.4 is 10.6 Å². The van der Waals surface area contributed by atoms with E-state index in [0.717, 1.165) is 51.4 Å². The summed E-state index contributed by atoms with van der Waals surface area (Å²) in [6.45, 7) is 3.78. The van der Waals surface area contributed by atoms with Crippen LogP contribution in [0.15, 0.2) is 4.52 Å². The highest BCUT2D eigenvalue weighted by atomic mass is 16.5. The number of carbonyl (C=O) groups excluding carboxylic acids is 2. The molecule has 2 aliphatic carbocycles. The van der Waals surface area contributed by atoms with E-state index in [1.807, 2.05) is 0 Å². The van der Waals surface area contributed by atoms with Gasteiger partial charge in [-0.15, -0.1) is 0 Å². The Hall–Kier alpha value is -1.92. The lowest BCUT2D eigenvalue weighted by Gasteiger charge is -2.30. The highest BCUT2D eigenvalue weighted by Crippen LogP contribution is 2.34. The van der Waals surface area contributed by atoms with Gasteiger partial charge in [-0.2, -0.15) is 4.98 Å². The number of amides is 2. The molecule has 1 aromatic rings. The highest BCUT2D eigenvalue weighted by molar-refractivity contribution is 5.76. The van der Waals surface area contributed by atoms with E-state index in [2.05, 4.69) is 27.7 Å². The molecule has 2 fully saturated rings. The molecule has 156 valence electrons. The van der Waals surface area contributed by atoms with E-state index >= 15 is 0 Å². The Kier molecular flexibility index (Phi) is 7.08. The van der Waals surface area contributed by atoms with E-state index in [-0.39, 0.29) is 11.8 Å². The maximum atomic E-state index is 12.3. The molecule has 7 nitrogen and oxygen atoms in total. The number of aromatic nitrogens is 2. The first-order valence-corrected chi connectivity index (χ1v) is 10.9. The summed E-state index contributed by atoms with van der Waals surface area (Å²) in [6.07, 6.45) is 11.4. The van der Waals surface area contributed by atoms with Gasteiger partial charge >= 0.3 is 0 Å². The van der Waals surface area contributed by atoms with Crippen molar-refractivity contribution in [3.63, 3.8) is 0 Å². The van der Waals surface area contributed by atoms with E-state index < -0.39 is 5.54 Å². The van der Waals surface area contributed by atoms with Gasteiger partial charge in [0.25, 0.3) is 0 Å². The molecule has 7 heteroatoms. The Morgan fingerprint density at radius 2 is 1.89 bits per heavy atom. The summed E-state index contributed by atoms with van der Waals surface area (Å²) in [5.41, 5.74) is -0.537. The highest BCUT2D eigenvalue weighted by Gasteiger charge is 2.38. The second-order valence-electron chi connectivity index (χ2n) is 8.73. The third-order valence-corrected chi connectivity index (χ3v) is 6.14. The van der Waals surface area contributed by atoms with Gasteiger partial charge in [-0.3, -0.25) is 9.59 Å². The monoisotopic (exact) mass is 390 g/mol. The molecular formula is C21H34N4O3. The van der Waals surface area contributed by atoms with Crippen LogP contribution in [0.3, 0.4) is 0 Å². The normalized spacial score (nSPS) is 24.9. The first-order valence-electron chi connectivity index (χ1n) is 10.9. The van der Waals surface area contributed by atoms with Crippen LogP contribution >= 0.6 is 0 Å². The predicted octanol–water partition coefficient (Wildman–Crippen LogP) is 3.38. The van der Waals surface area contributed by atoms with Crippen molar-refractivity contribution in [2.75, 3.05) is 0 Å². The maximum Gasteiger partial charge on any atom is 0.227 e. The zero-order chi connectivity index (χ0) is 20.0. The summed E-state index contributed by atoms with van der Waals surface area (Å²) in [6, 6.07) is 0.295. The molecule has 0 spiro atoms. The van der Waals surface area contributed by atoms with Gasteiger partial charge in [0.2, 0.25) is 17.7 Å². The lowest BCUT2D eigenvalue weighted by Crippen LogP contribution is -2.45. The third-order valence-electron chi connectivity index (χ3n) is 6.14. The Labute approximate surface area is 167 Å². The maximum absolute atomic E-state index is 12.3. The minimum atomic E-state index is -0.537. The van der Waals surface area contributed by atoms with Crippen molar-refractivity contribution in [2.24, 2.45) is 5.92 Å². The van der Waals surface area contributed by atoms with Crippen LogP contribution in [0, 0.1) is 5.92 Å². The first-order chi connectivity index (χ1) is 13.5. The lowest BCUT2D eigenvalue weighted by atomic mass is 9.87. The molecule has 2 amide bonds. The van der Waals surface area contributed by atoms with Gasteiger partial charge < -0.3 is 15.2 Å². The molecule has 1 heterocycles. The fourth-order valence-electron chi connectivity index (χ4n) is 4.71. The number of rotatable bonds is 6. The summed E-state index contributed by atoms with van der Waals surface area (Å²) in [7, 11) is 0. The van der Waals surface area contributed by atoms with E-state index in [4.69, 9.17) is 4.52 Å². The van der Waals surface area contributed by atoms with Gasteiger partial charge in [0, 0.05) is 25.8 Å². The van der Waals surface area contributed by atoms with Gasteiger partial charge in [0.15, 0.2) is 5.82 Å². The Morgan fingerprint density at radius 1 is 1.14 bits per heavy atom. The minimum absolute atomic E-state index is 0.0462. The van der Waals surface area contributed by atoms with Crippen molar-refractivity contribution in [1.82, 2.24) is 20.8 Å². The molecule has 3 rings (SSSR count). The molecule has 2 atom stereocenters. The van der Waals surface area contributed by atoms with Gasteiger partial charge in [-0.1, -0.05) is 50.6 Å². The van der Waals surface area contributed by atoms with Crippen LogP contribution in [0.4, 0.5) is 0 Å². The number of nitrogens with zero attached hydrogens (tertiary/aromatic N) is 2. The second-order valence-corrected chi connectivity index (χ2v) is 8.73. The topological polar surface area (TPSA) is 97.1 Å². The molecule has 0 saturated heterocycles. The van der Waals surface area contributed by atoms with Gasteiger partial charge in [0.05, 0.1) is 0 Å². The zero-order valence-corrected chi connectivity index (χ0v) is 17.3. The van der Waals surface area contributed by atoms with Crippen molar-refractivity contribution in [2.45, 2.75) is 102 Å². The number of nitrogens with one attached hydrogen (secondary N) is 2. The summed E-state index contributed by atoms with van der Waals surface area (Å²) in [5.74, 6) is 1.68. The summed E-state index contributed by atoms with van der Waals surface area (Å²) in [4.78, 5) is 28.6. The van der Waals surface area contributed by atoms with Crippen molar-refractivity contribution in [3.05, 3.63) is 11.7 Å². The molecule has 2 N–H and O–H groups in total. The quantitative estimate of drug-likeness (QED) is 0.726. The number of hydrogen-bond acceptors (Lipinski definition) is 5. The van der Waals surface area contributed by atoms with Crippen LogP contribution in [0.5, 0.6) is 0 Å². The average Bonchev–Trinajstić information content (AvgIpc) is 3.00.